The number of allylic oxidation sites excluding steroid dienone is 1. The Morgan fingerprint density at radius 3 is 2.44 bits per heavy atom. The number of carbonyl (C=O) groups is 1. The summed E-state index contributed by atoms with van der Waals surface area (Å²) in [6.07, 6.45) is -0.519. The molecule has 0 radical (unpaired) electrons. The number of hydrogen-bond acceptors (Lipinski definition) is 5. The fourth-order valence-corrected chi connectivity index (χ4v) is 1.15. The van der Waals surface area contributed by atoms with Crippen molar-refractivity contribution in [2.75, 3.05) is 13.6 Å². The van der Waals surface area contributed by atoms with E-state index in [-0.39, 0.29) is 22.4 Å². The van der Waals surface area contributed by atoms with E-state index in [4.69, 9.17) is 21.1 Å². The molecular weight excluding hydrogens is 300 g/mol. The highest BCUT2D eigenvalue weighted by Gasteiger charge is 2.20. The highest BCUT2D eigenvalue weighted by atomic mass is 79.9. The summed E-state index contributed by atoms with van der Waals surface area (Å²) in [6, 6.07) is 1.65. The van der Waals surface area contributed by atoms with Crippen LogP contribution in [0.5, 0.6) is 0 Å². The fraction of sp³-hybridized carbons (Fsp3) is 0.545. The minimum atomic E-state index is -0.583. The molecular formula is C11H17BrN4O2. The van der Waals surface area contributed by atoms with E-state index in [1.807, 2.05) is 0 Å². The molecule has 0 saturated heterocycles. The molecule has 0 atom stereocenters. The summed E-state index contributed by atoms with van der Waals surface area (Å²) >= 11 is 3.04. The van der Waals surface area contributed by atoms with Gasteiger partial charge in [-0.1, -0.05) is 0 Å². The van der Waals surface area contributed by atoms with Gasteiger partial charge >= 0.3 is 6.09 Å². The first-order chi connectivity index (χ1) is 8.08. The number of ether oxygens (including phenoxy) is 1. The van der Waals surface area contributed by atoms with E-state index in [2.05, 4.69) is 15.9 Å². The number of rotatable bonds is 3. The van der Waals surface area contributed by atoms with Crippen LogP contribution in [-0.2, 0) is 4.74 Å². The van der Waals surface area contributed by atoms with Crippen molar-refractivity contribution in [1.29, 1.82) is 10.7 Å². The van der Waals surface area contributed by atoms with E-state index >= 15 is 0 Å². The number of nitrogens with one attached hydrogen (secondary N) is 1. The van der Waals surface area contributed by atoms with Gasteiger partial charge in [-0.2, -0.15) is 5.26 Å². The van der Waals surface area contributed by atoms with Gasteiger partial charge in [0, 0.05) is 12.7 Å². The van der Waals surface area contributed by atoms with Crippen LogP contribution in [0, 0.1) is 16.7 Å². The topological polar surface area (TPSA) is 103 Å². The van der Waals surface area contributed by atoms with Crippen molar-refractivity contribution in [2.45, 2.75) is 26.4 Å². The van der Waals surface area contributed by atoms with E-state index in [1.54, 1.807) is 26.8 Å². The Morgan fingerprint density at radius 1 is 1.56 bits per heavy atom. The molecule has 0 aromatic rings. The van der Waals surface area contributed by atoms with Gasteiger partial charge in [0.15, 0.2) is 0 Å². The standard InChI is InChI=1S/C11H17BrN4O2/c1-11(2,3)18-10(17)16(4)6-8(15)9(12)7(14)5-13/h14H,6,15H2,1-4H3. The van der Waals surface area contributed by atoms with Gasteiger partial charge in [-0.05, 0) is 36.7 Å². The summed E-state index contributed by atoms with van der Waals surface area (Å²) in [5.74, 6) is 0. The molecule has 100 valence electrons. The van der Waals surface area contributed by atoms with Crippen LogP contribution < -0.4 is 5.73 Å². The third kappa shape index (κ3) is 5.68. The molecule has 0 aliphatic rings. The Kier molecular flexibility index (Phi) is 5.85. The van der Waals surface area contributed by atoms with Crippen molar-refractivity contribution in [3.8, 4) is 6.07 Å². The van der Waals surface area contributed by atoms with E-state index in [9.17, 15) is 4.79 Å². The Morgan fingerprint density at radius 2 is 2.06 bits per heavy atom. The average Bonchev–Trinajstić information content (AvgIpc) is 2.24. The van der Waals surface area contributed by atoms with Crippen molar-refractivity contribution in [3.05, 3.63) is 10.2 Å². The third-order valence-electron chi connectivity index (χ3n) is 1.73. The summed E-state index contributed by atoms with van der Waals surface area (Å²) < 4.78 is 5.32. The van der Waals surface area contributed by atoms with E-state index < -0.39 is 11.7 Å². The zero-order chi connectivity index (χ0) is 14.5. The van der Waals surface area contributed by atoms with Gasteiger partial charge in [0.1, 0.15) is 17.4 Å². The maximum absolute atomic E-state index is 11.6. The zero-order valence-corrected chi connectivity index (χ0v) is 12.5. The molecule has 0 unspecified atom stereocenters. The molecule has 0 fully saturated rings. The number of carbonyl (C=O) groups excluding carboxylic acids is 1. The largest absolute Gasteiger partial charge is 0.444 e. The molecule has 0 spiro atoms. The molecule has 0 aromatic heterocycles. The average molecular weight is 317 g/mol. The summed E-state index contributed by atoms with van der Waals surface area (Å²) in [7, 11) is 1.53. The quantitative estimate of drug-likeness (QED) is 0.777. The lowest BCUT2D eigenvalue weighted by molar-refractivity contribution is 0.0313. The Balaban J connectivity index is 4.68. The normalized spacial score (nSPS) is 12.2. The van der Waals surface area contributed by atoms with Crippen LogP contribution in [0.25, 0.3) is 0 Å². The second kappa shape index (κ2) is 6.40. The van der Waals surface area contributed by atoms with Gasteiger partial charge < -0.3 is 15.4 Å². The molecule has 0 heterocycles. The number of likely N-dealkylation sites (N-methyl/N-ethyl adjacent to an activating group) is 1. The zero-order valence-electron chi connectivity index (χ0n) is 10.9. The van der Waals surface area contributed by atoms with Crippen LogP contribution >= 0.6 is 15.9 Å². The van der Waals surface area contributed by atoms with Crippen molar-refractivity contribution in [3.63, 3.8) is 0 Å². The SMILES string of the molecule is CN(CC(N)=C(Br)C(=N)C#N)C(=O)OC(C)(C)C. The lowest BCUT2D eigenvalue weighted by atomic mass is 10.2. The Bertz CT molecular complexity index is 418. The first kappa shape index (κ1) is 16.4. The minimum Gasteiger partial charge on any atom is -0.444 e. The maximum atomic E-state index is 11.6. The number of amides is 1. The summed E-state index contributed by atoms with van der Waals surface area (Å²) in [6.45, 7) is 5.36. The van der Waals surface area contributed by atoms with Crippen LogP contribution in [0.2, 0.25) is 0 Å². The smallest absolute Gasteiger partial charge is 0.410 e. The summed E-state index contributed by atoms with van der Waals surface area (Å²) in [4.78, 5) is 12.9. The Hall–Kier alpha value is -1.55. The molecule has 18 heavy (non-hydrogen) atoms. The second-order valence-corrected chi connectivity index (χ2v) is 5.46. The monoisotopic (exact) mass is 316 g/mol. The van der Waals surface area contributed by atoms with Gasteiger partial charge in [-0.25, -0.2) is 4.79 Å². The van der Waals surface area contributed by atoms with Crippen molar-refractivity contribution >= 4 is 27.7 Å². The van der Waals surface area contributed by atoms with E-state index in [0.717, 1.165) is 0 Å². The van der Waals surface area contributed by atoms with Gasteiger partial charge in [0.2, 0.25) is 0 Å². The molecule has 0 aliphatic heterocycles. The molecule has 1 amide bonds. The van der Waals surface area contributed by atoms with Crippen LogP contribution in [-0.4, -0.2) is 35.9 Å². The van der Waals surface area contributed by atoms with E-state index in [1.165, 1.54) is 11.9 Å². The number of nitrogens with two attached hydrogens (primary N) is 1. The number of nitrogens with zero attached hydrogens (tertiary/aromatic N) is 2. The fourth-order valence-electron chi connectivity index (χ4n) is 0.939. The molecule has 7 heteroatoms. The van der Waals surface area contributed by atoms with Gasteiger partial charge in [0.25, 0.3) is 0 Å². The van der Waals surface area contributed by atoms with Gasteiger partial charge in [0.05, 0.1) is 11.0 Å². The van der Waals surface area contributed by atoms with Gasteiger partial charge in [-0.15, -0.1) is 0 Å². The predicted molar refractivity (Wildman–Crippen MR) is 72.3 cm³/mol. The van der Waals surface area contributed by atoms with Crippen molar-refractivity contribution < 1.29 is 9.53 Å². The third-order valence-corrected chi connectivity index (χ3v) is 2.63. The van der Waals surface area contributed by atoms with E-state index in [0.29, 0.717) is 0 Å². The molecule has 0 bridgehead atoms. The molecule has 0 rings (SSSR count). The summed E-state index contributed by atoms with van der Waals surface area (Å²) in [5, 5.41) is 15.8. The lowest BCUT2D eigenvalue weighted by Gasteiger charge is -2.24. The number of nitriles is 1. The van der Waals surface area contributed by atoms with Crippen LogP contribution in [0.4, 0.5) is 4.79 Å². The molecule has 0 aliphatic carbocycles. The highest BCUT2D eigenvalue weighted by molar-refractivity contribution is 9.12. The molecule has 3 N–H and O–H groups in total. The maximum Gasteiger partial charge on any atom is 0.410 e. The number of halogens is 1. The molecule has 0 saturated carbocycles. The lowest BCUT2D eigenvalue weighted by Crippen LogP contribution is -2.36. The van der Waals surface area contributed by atoms with Crippen LogP contribution in [0.1, 0.15) is 20.8 Å². The number of hydrogen-bond donors (Lipinski definition) is 2. The van der Waals surface area contributed by atoms with Crippen LogP contribution in [0.3, 0.4) is 0 Å². The first-order valence-electron chi connectivity index (χ1n) is 5.15. The highest BCUT2D eigenvalue weighted by Crippen LogP contribution is 2.13. The summed E-state index contributed by atoms with van der Waals surface area (Å²) in [5.41, 5.74) is 5.04. The molecule has 0 aromatic carbocycles. The van der Waals surface area contributed by atoms with Crippen LogP contribution in [0.15, 0.2) is 10.2 Å². The predicted octanol–water partition coefficient (Wildman–Crippen LogP) is 1.96. The van der Waals surface area contributed by atoms with Crippen molar-refractivity contribution in [2.24, 2.45) is 5.73 Å². The second-order valence-electron chi connectivity index (χ2n) is 4.66. The van der Waals surface area contributed by atoms with Gasteiger partial charge in [-0.3, -0.25) is 5.41 Å². The first-order valence-corrected chi connectivity index (χ1v) is 5.95. The Labute approximate surface area is 115 Å². The minimum absolute atomic E-state index is 0.0690. The van der Waals surface area contributed by atoms with Crippen molar-refractivity contribution in [1.82, 2.24) is 4.90 Å². The molecule has 6 nitrogen and oxygen atoms in total.